The molecule has 2 aliphatic rings. The van der Waals surface area contributed by atoms with Gasteiger partial charge in [0.05, 0.1) is 11.7 Å². The van der Waals surface area contributed by atoms with Gasteiger partial charge in [0.1, 0.15) is 5.69 Å². The van der Waals surface area contributed by atoms with E-state index < -0.39 is 0 Å². The Balaban J connectivity index is 1.41. The molecule has 0 spiro atoms. The Morgan fingerprint density at radius 3 is 3.00 bits per heavy atom. The Morgan fingerprint density at radius 1 is 1.22 bits per heavy atom. The lowest BCUT2D eigenvalue weighted by Gasteiger charge is -2.21. The molecule has 0 saturated carbocycles. The first-order valence-electron chi connectivity index (χ1n) is 8.11. The third-order valence-electron chi connectivity index (χ3n) is 4.69. The summed E-state index contributed by atoms with van der Waals surface area (Å²) in [6.45, 7) is 3.88. The molecular weight excluding hydrogens is 306 g/mol. The van der Waals surface area contributed by atoms with Crippen molar-refractivity contribution in [3.05, 3.63) is 41.6 Å². The monoisotopic (exact) mass is 325 g/mol. The van der Waals surface area contributed by atoms with Crippen LogP contribution in [0.25, 0.3) is 0 Å². The van der Waals surface area contributed by atoms with Gasteiger partial charge in [-0.15, -0.1) is 4.37 Å². The summed E-state index contributed by atoms with van der Waals surface area (Å²) in [5.41, 5.74) is 2.05. The second-order valence-corrected chi connectivity index (χ2v) is 6.71. The molecule has 5 heteroatoms. The van der Waals surface area contributed by atoms with E-state index in [1.54, 1.807) is 0 Å². The number of hydrogen-bond donors (Lipinski definition) is 0. The van der Waals surface area contributed by atoms with Crippen LogP contribution in [0.5, 0.6) is 5.88 Å². The summed E-state index contributed by atoms with van der Waals surface area (Å²) in [4.78, 5) is 2.54. The van der Waals surface area contributed by atoms with E-state index in [9.17, 15) is 0 Å². The molecule has 23 heavy (non-hydrogen) atoms. The highest BCUT2D eigenvalue weighted by Crippen LogP contribution is 2.40. The van der Waals surface area contributed by atoms with Gasteiger partial charge in [-0.3, -0.25) is 0 Å². The summed E-state index contributed by atoms with van der Waals surface area (Å²) in [7, 11) is 0. The molecule has 2 aliphatic heterocycles. The number of nitrogens with zero attached hydrogens (tertiary/aromatic N) is 3. The first-order chi connectivity index (χ1) is 11.4. The largest absolute Gasteiger partial charge is 0.463 e. The first-order valence-corrected chi connectivity index (χ1v) is 8.85. The third-order valence-corrected chi connectivity index (χ3v) is 5.21. The van der Waals surface area contributed by atoms with Crippen molar-refractivity contribution in [3.63, 3.8) is 0 Å². The molecule has 2 bridgehead atoms. The molecule has 1 aromatic heterocycles. The minimum Gasteiger partial charge on any atom is -0.463 e. The van der Waals surface area contributed by atoms with Crippen LogP contribution < -0.4 is 4.74 Å². The van der Waals surface area contributed by atoms with Gasteiger partial charge < -0.3 is 9.64 Å². The molecular formula is C18H19N3OS. The fourth-order valence-electron chi connectivity index (χ4n) is 3.60. The Labute approximate surface area is 140 Å². The van der Waals surface area contributed by atoms with Gasteiger partial charge in [0.25, 0.3) is 0 Å². The molecule has 4 rings (SSSR count). The van der Waals surface area contributed by atoms with E-state index in [4.69, 9.17) is 4.74 Å². The molecule has 0 N–H and O–H groups in total. The van der Waals surface area contributed by atoms with E-state index >= 15 is 0 Å². The van der Waals surface area contributed by atoms with E-state index in [0.29, 0.717) is 24.3 Å². The molecule has 2 aromatic rings. The maximum atomic E-state index is 5.80. The Bertz CT molecular complexity index is 719. The van der Waals surface area contributed by atoms with Crippen LogP contribution in [0.15, 0.2) is 30.3 Å². The Morgan fingerprint density at radius 2 is 2.13 bits per heavy atom. The van der Waals surface area contributed by atoms with Crippen molar-refractivity contribution in [1.29, 1.82) is 0 Å². The normalized spacial score (nSPS) is 25.7. The van der Waals surface area contributed by atoms with E-state index in [1.807, 2.05) is 30.3 Å². The molecule has 4 nitrogen and oxygen atoms in total. The summed E-state index contributed by atoms with van der Waals surface area (Å²) in [5.74, 6) is 8.05. The van der Waals surface area contributed by atoms with Crippen molar-refractivity contribution in [3.8, 4) is 17.7 Å². The fraction of sp³-hybridized carbons (Fsp3) is 0.444. The highest BCUT2D eigenvalue weighted by molar-refractivity contribution is 6.99. The number of benzene rings is 1. The van der Waals surface area contributed by atoms with Crippen LogP contribution in [0.2, 0.25) is 0 Å². The lowest BCUT2D eigenvalue weighted by atomic mass is 9.89. The van der Waals surface area contributed by atoms with Gasteiger partial charge in [0.15, 0.2) is 6.61 Å². The molecule has 0 radical (unpaired) electrons. The quantitative estimate of drug-likeness (QED) is 0.814. The molecule has 3 atom stereocenters. The van der Waals surface area contributed by atoms with Crippen molar-refractivity contribution >= 4 is 11.7 Å². The van der Waals surface area contributed by atoms with E-state index in [2.05, 4.69) is 25.5 Å². The Kier molecular flexibility index (Phi) is 4.27. The van der Waals surface area contributed by atoms with Crippen molar-refractivity contribution in [2.24, 2.45) is 5.92 Å². The molecule has 118 valence electrons. The number of aromatic nitrogens is 2. The zero-order valence-electron chi connectivity index (χ0n) is 12.9. The predicted octanol–water partition coefficient (Wildman–Crippen LogP) is 2.78. The second-order valence-electron chi connectivity index (χ2n) is 6.18. The molecule has 1 unspecified atom stereocenters. The highest BCUT2D eigenvalue weighted by atomic mass is 32.1. The minimum atomic E-state index is 0.356. The molecule has 0 amide bonds. The number of rotatable bonds is 3. The zero-order valence-corrected chi connectivity index (χ0v) is 13.8. The highest BCUT2D eigenvalue weighted by Gasteiger charge is 2.39. The van der Waals surface area contributed by atoms with Gasteiger partial charge in [-0.2, -0.15) is 4.37 Å². The molecule has 2 saturated heterocycles. The van der Waals surface area contributed by atoms with E-state index in [1.165, 1.54) is 37.7 Å². The number of fused-ring (bicyclic) bond motifs is 2. The van der Waals surface area contributed by atoms with Crippen molar-refractivity contribution in [1.82, 2.24) is 13.6 Å². The average Bonchev–Trinajstić information content (AvgIpc) is 3.16. The van der Waals surface area contributed by atoms with Gasteiger partial charge in [0, 0.05) is 24.6 Å². The van der Waals surface area contributed by atoms with Crippen LogP contribution in [-0.4, -0.2) is 39.9 Å². The van der Waals surface area contributed by atoms with Crippen LogP contribution in [0, 0.1) is 17.8 Å². The fourth-order valence-corrected chi connectivity index (χ4v) is 4.16. The SMILES string of the molecule is C(#Cc1ccccc1)COc1nsnc1[C@@H]1CN2CCC[C@H]1C2. The van der Waals surface area contributed by atoms with Gasteiger partial charge in [-0.25, -0.2) is 0 Å². The molecule has 3 heterocycles. The van der Waals surface area contributed by atoms with Crippen LogP contribution in [-0.2, 0) is 0 Å². The van der Waals surface area contributed by atoms with Crippen LogP contribution in [0.4, 0.5) is 0 Å². The molecule has 1 aromatic carbocycles. The van der Waals surface area contributed by atoms with Crippen LogP contribution >= 0.6 is 11.7 Å². The predicted molar refractivity (Wildman–Crippen MR) is 90.6 cm³/mol. The second kappa shape index (κ2) is 6.69. The summed E-state index contributed by atoms with van der Waals surface area (Å²) >= 11 is 1.25. The van der Waals surface area contributed by atoms with Crippen molar-refractivity contribution < 1.29 is 4.74 Å². The minimum absolute atomic E-state index is 0.356. The maximum absolute atomic E-state index is 5.80. The number of piperidine rings is 1. The molecule has 0 aliphatic carbocycles. The van der Waals surface area contributed by atoms with Crippen LogP contribution in [0.1, 0.15) is 30.0 Å². The molecule has 2 fully saturated rings. The van der Waals surface area contributed by atoms with Gasteiger partial charge >= 0.3 is 0 Å². The number of ether oxygens (including phenoxy) is 1. The standard InChI is InChI=1S/C18H19N3OS/c1-2-6-14(7-3-1)8-5-11-22-18-17(19-23-20-18)16-13-21-10-4-9-15(16)12-21/h1-3,6-7,15-16H,4,9-13H2/t15-,16+/m0/s1. The summed E-state index contributed by atoms with van der Waals surface area (Å²) < 4.78 is 14.7. The smallest absolute Gasteiger partial charge is 0.250 e. The van der Waals surface area contributed by atoms with Gasteiger partial charge in [-0.05, 0) is 37.4 Å². The average molecular weight is 325 g/mol. The topological polar surface area (TPSA) is 38.3 Å². The lowest BCUT2D eigenvalue weighted by Crippen LogP contribution is -2.25. The maximum Gasteiger partial charge on any atom is 0.250 e. The summed E-state index contributed by atoms with van der Waals surface area (Å²) in [6.07, 6.45) is 2.60. The van der Waals surface area contributed by atoms with Crippen LogP contribution in [0.3, 0.4) is 0 Å². The third kappa shape index (κ3) is 3.24. The van der Waals surface area contributed by atoms with Gasteiger partial charge in [-0.1, -0.05) is 30.0 Å². The Hall–Kier alpha value is -1.90. The van der Waals surface area contributed by atoms with E-state index in [0.717, 1.165) is 17.8 Å². The van der Waals surface area contributed by atoms with Crippen molar-refractivity contribution in [2.75, 3.05) is 26.2 Å². The van der Waals surface area contributed by atoms with Crippen molar-refractivity contribution in [2.45, 2.75) is 18.8 Å². The number of hydrogen-bond acceptors (Lipinski definition) is 5. The lowest BCUT2D eigenvalue weighted by molar-refractivity contribution is 0.269. The first kappa shape index (κ1) is 14.7. The van der Waals surface area contributed by atoms with Gasteiger partial charge in [0.2, 0.25) is 5.88 Å². The summed E-state index contributed by atoms with van der Waals surface area (Å²) in [6, 6.07) is 9.95. The van der Waals surface area contributed by atoms with E-state index in [-0.39, 0.29) is 0 Å². The summed E-state index contributed by atoms with van der Waals surface area (Å²) in [5, 5.41) is 0. The zero-order chi connectivity index (χ0) is 15.5.